The van der Waals surface area contributed by atoms with Gasteiger partial charge < -0.3 is 15.4 Å². The van der Waals surface area contributed by atoms with Gasteiger partial charge in [0, 0.05) is 24.4 Å². The molecule has 94 valence electrons. The standard InChI is InChI=1S/C11H17N3O2S/c1-11(2,3)16-10(15)14-4-7(5-14)9-13-8(12)6-17-9/h6-7H,4-5,12H2,1-3H3. The van der Waals surface area contributed by atoms with Gasteiger partial charge in [0.1, 0.15) is 16.4 Å². The molecule has 0 aromatic carbocycles. The van der Waals surface area contributed by atoms with Crippen LogP contribution < -0.4 is 5.73 Å². The van der Waals surface area contributed by atoms with Crippen molar-refractivity contribution >= 4 is 23.2 Å². The average molecular weight is 255 g/mol. The van der Waals surface area contributed by atoms with E-state index in [2.05, 4.69) is 4.98 Å². The second kappa shape index (κ2) is 4.18. The van der Waals surface area contributed by atoms with E-state index in [4.69, 9.17) is 10.5 Å². The molecule has 2 N–H and O–H groups in total. The Morgan fingerprint density at radius 1 is 1.59 bits per heavy atom. The molecule has 1 saturated heterocycles. The molecule has 0 spiro atoms. The Hall–Kier alpha value is -1.30. The van der Waals surface area contributed by atoms with Gasteiger partial charge in [-0.05, 0) is 20.8 Å². The van der Waals surface area contributed by atoms with Gasteiger partial charge in [-0.25, -0.2) is 9.78 Å². The summed E-state index contributed by atoms with van der Waals surface area (Å²) in [6, 6.07) is 0. The molecule has 0 bridgehead atoms. The number of likely N-dealkylation sites (tertiary alicyclic amines) is 1. The molecule has 1 aromatic heterocycles. The Morgan fingerprint density at radius 2 is 2.24 bits per heavy atom. The highest BCUT2D eigenvalue weighted by Gasteiger charge is 2.35. The van der Waals surface area contributed by atoms with Gasteiger partial charge in [-0.2, -0.15) is 0 Å². The van der Waals surface area contributed by atoms with E-state index in [1.165, 1.54) is 0 Å². The molecule has 1 amide bonds. The predicted molar refractivity (Wildman–Crippen MR) is 67.1 cm³/mol. The number of amides is 1. The minimum absolute atomic E-state index is 0.252. The molecule has 0 radical (unpaired) electrons. The van der Waals surface area contributed by atoms with Crippen LogP contribution in [0.25, 0.3) is 0 Å². The number of carbonyl (C=O) groups excluding carboxylic acids is 1. The van der Waals surface area contributed by atoms with Gasteiger partial charge in [0.15, 0.2) is 0 Å². The molecular formula is C11H17N3O2S. The summed E-state index contributed by atoms with van der Waals surface area (Å²) in [5.41, 5.74) is 5.13. The Labute approximate surface area is 105 Å². The van der Waals surface area contributed by atoms with E-state index in [0.29, 0.717) is 24.8 Å². The number of aromatic nitrogens is 1. The zero-order valence-electron chi connectivity index (χ0n) is 10.3. The van der Waals surface area contributed by atoms with Crippen molar-refractivity contribution in [2.24, 2.45) is 0 Å². The number of ether oxygens (including phenoxy) is 1. The second-order valence-corrected chi connectivity index (χ2v) is 6.08. The van der Waals surface area contributed by atoms with Gasteiger partial charge in [-0.15, -0.1) is 11.3 Å². The summed E-state index contributed by atoms with van der Waals surface area (Å²) < 4.78 is 5.28. The molecular weight excluding hydrogens is 238 g/mol. The number of hydrogen-bond acceptors (Lipinski definition) is 5. The van der Waals surface area contributed by atoms with Crippen molar-refractivity contribution in [2.45, 2.75) is 32.3 Å². The molecule has 5 nitrogen and oxygen atoms in total. The summed E-state index contributed by atoms with van der Waals surface area (Å²) >= 11 is 1.55. The van der Waals surface area contributed by atoms with E-state index in [-0.39, 0.29) is 6.09 Å². The third kappa shape index (κ3) is 2.88. The first-order valence-corrected chi connectivity index (χ1v) is 6.42. The van der Waals surface area contributed by atoms with E-state index >= 15 is 0 Å². The van der Waals surface area contributed by atoms with Crippen molar-refractivity contribution in [3.63, 3.8) is 0 Å². The normalized spacial score (nSPS) is 16.8. The van der Waals surface area contributed by atoms with E-state index in [1.54, 1.807) is 16.2 Å². The van der Waals surface area contributed by atoms with Crippen LogP contribution in [0.4, 0.5) is 10.6 Å². The smallest absolute Gasteiger partial charge is 0.410 e. The first-order chi connectivity index (χ1) is 7.85. The Bertz CT molecular complexity index is 419. The van der Waals surface area contributed by atoms with Crippen LogP contribution >= 0.6 is 11.3 Å². The van der Waals surface area contributed by atoms with Gasteiger partial charge >= 0.3 is 6.09 Å². The van der Waals surface area contributed by atoms with Crippen LogP contribution in [-0.4, -0.2) is 34.7 Å². The number of nitrogen functional groups attached to an aromatic ring is 1. The monoisotopic (exact) mass is 255 g/mol. The van der Waals surface area contributed by atoms with Crippen molar-refractivity contribution in [1.82, 2.24) is 9.88 Å². The zero-order valence-corrected chi connectivity index (χ0v) is 11.1. The minimum Gasteiger partial charge on any atom is -0.444 e. The lowest BCUT2D eigenvalue weighted by Crippen LogP contribution is -2.50. The van der Waals surface area contributed by atoms with Crippen molar-refractivity contribution in [2.75, 3.05) is 18.8 Å². The number of nitrogens with two attached hydrogens (primary N) is 1. The summed E-state index contributed by atoms with van der Waals surface area (Å²) in [5.74, 6) is 0.866. The fraction of sp³-hybridized carbons (Fsp3) is 0.636. The molecule has 0 aliphatic carbocycles. The predicted octanol–water partition coefficient (Wildman–Crippen LogP) is 2.06. The topological polar surface area (TPSA) is 68.5 Å². The summed E-state index contributed by atoms with van der Waals surface area (Å²) in [4.78, 5) is 17.6. The highest BCUT2D eigenvalue weighted by molar-refractivity contribution is 7.10. The molecule has 6 heteroatoms. The second-order valence-electron chi connectivity index (χ2n) is 5.19. The van der Waals surface area contributed by atoms with Gasteiger partial charge in [0.05, 0.1) is 0 Å². The Morgan fingerprint density at radius 3 is 2.71 bits per heavy atom. The van der Waals surface area contributed by atoms with Crippen molar-refractivity contribution in [3.05, 3.63) is 10.4 Å². The molecule has 17 heavy (non-hydrogen) atoms. The quantitative estimate of drug-likeness (QED) is 0.834. The van der Waals surface area contributed by atoms with Crippen LogP contribution in [0.1, 0.15) is 31.7 Å². The van der Waals surface area contributed by atoms with Crippen LogP contribution in [0.5, 0.6) is 0 Å². The maximum atomic E-state index is 11.7. The number of anilines is 1. The number of hydrogen-bond donors (Lipinski definition) is 1. The highest BCUT2D eigenvalue weighted by Crippen LogP contribution is 2.30. The minimum atomic E-state index is -0.437. The van der Waals surface area contributed by atoms with Crippen molar-refractivity contribution in [3.8, 4) is 0 Å². The highest BCUT2D eigenvalue weighted by atomic mass is 32.1. The van der Waals surface area contributed by atoms with Crippen LogP contribution in [0.2, 0.25) is 0 Å². The molecule has 1 aromatic rings. The number of nitrogens with zero attached hydrogens (tertiary/aromatic N) is 2. The summed E-state index contributed by atoms with van der Waals surface area (Å²) in [5, 5.41) is 2.83. The van der Waals surface area contributed by atoms with E-state index in [0.717, 1.165) is 5.01 Å². The van der Waals surface area contributed by atoms with Gasteiger partial charge in [0.2, 0.25) is 0 Å². The van der Waals surface area contributed by atoms with E-state index in [1.807, 2.05) is 26.2 Å². The average Bonchev–Trinajstić information content (AvgIpc) is 2.45. The van der Waals surface area contributed by atoms with E-state index in [9.17, 15) is 4.79 Å². The Kier molecular flexibility index (Phi) is 2.99. The van der Waals surface area contributed by atoms with Crippen LogP contribution in [0.15, 0.2) is 5.38 Å². The van der Waals surface area contributed by atoms with Crippen molar-refractivity contribution < 1.29 is 9.53 Å². The largest absolute Gasteiger partial charge is 0.444 e. The first kappa shape index (κ1) is 12.2. The van der Waals surface area contributed by atoms with Gasteiger partial charge in [-0.3, -0.25) is 0 Å². The molecule has 0 atom stereocenters. The fourth-order valence-electron chi connectivity index (χ4n) is 1.60. The van der Waals surface area contributed by atoms with Gasteiger partial charge in [-0.1, -0.05) is 0 Å². The maximum Gasteiger partial charge on any atom is 0.410 e. The number of carbonyl (C=O) groups is 1. The molecule has 1 aliphatic heterocycles. The molecule has 1 fully saturated rings. The van der Waals surface area contributed by atoms with Crippen LogP contribution in [0, 0.1) is 0 Å². The molecule has 0 saturated carbocycles. The summed E-state index contributed by atoms with van der Waals surface area (Å²) in [6.07, 6.45) is -0.252. The summed E-state index contributed by atoms with van der Waals surface area (Å²) in [7, 11) is 0. The van der Waals surface area contributed by atoms with E-state index < -0.39 is 5.60 Å². The zero-order chi connectivity index (χ0) is 12.6. The van der Waals surface area contributed by atoms with Crippen molar-refractivity contribution in [1.29, 1.82) is 0 Å². The number of rotatable bonds is 1. The lowest BCUT2D eigenvalue weighted by atomic mass is 10.0. The summed E-state index contributed by atoms with van der Waals surface area (Å²) in [6.45, 7) is 6.93. The Balaban J connectivity index is 1.85. The van der Waals surface area contributed by atoms with Crippen LogP contribution in [0.3, 0.4) is 0 Å². The fourth-order valence-corrected chi connectivity index (χ4v) is 2.39. The van der Waals surface area contributed by atoms with Gasteiger partial charge in [0.25, 0.3) is 0 Å². The maximum absolute atomic E-state index is 11.7. The third-order valence-corrected chi connectivity index (χ3v) is 3.45. The molecule has 0 unspecified atom stereocenters. The molecule has 2 heterocycles. The number of thiazole rings is 1. The van der Waals surface area contributed by atoms with Crippen LogP contribution in [-0.2, 0) is 4.74 Å². The lowest BCUT2D eigenvalue weighted by molar-refractivity contribution is 0.00819. The third-order valence-electron chi connectivity index (χ3n) is 2.42. The SMILES string of the molecule is CC(C)(C)OC(=O)N1CC(c2nc(N)cs2)C1. The first-order valence-electron chi connectivity index (χ1n) is 5.54. The molecule has 2 rings (SSSR count). The lowest BCUT2D eigenvalue weighted by Gasteiger charge is -2.38. The molecule has 1 aliphatic rings.